The minimum absolute atomic E-state index is 0.186. The molecule has 0 spiro atoms. The topological polar surface area (TPSA) is 35.2 Å². The average molecular weight is 261 g/mol. The van der Waals surface area contributed by atoms with Crippen LogP contribution in [0, 0.1) is 5.92 Å². The molecule has 1 atom stereocenters. The summed E-state index contributed by atoms with van der Waals surface area (Å²) < 4.78 is 6.74. The number of fused-ring (bicyclic) bond motifs is 1. The van der Waals surface area contributed by atoms with Gasteiger partial charge in [-0.2, -0.15) is 0 Å². The highest BCUT2D eigenvalue weighted by atomic mass is 32.1. The van der Waals surface area contributed by atoms with Crippen LogP contribution in [0.15, 0.2) is 30.3 Å². The highest BCUT2D eigenvalue weighted by Crippen LogP contribution is 2.33. The lowest BCUT2D eigenvalue weighted by atomic mass is 9.92. The van der Waals surface area contributed by atoms with Crippen LogP contribution < -0.4 is 5.73 Å². The fourth-order valence-electron chi connectivity index (χ4n) is 2.64. The van der Waals surface area contributed by atoms with Gasteiger partial charge in [0.15, 0.2) is 0 Å². The van der Waals surface area contributed by atoms with E-state index < -0.39 is 0 Å². The quantitative estimate of drug-likeness (QED) is 0.914. The largest absolute Gasteiger partial charge is 0.381 e. The number of thiophene rings is 1. The lowest BCUT2D eigenvalue weighted by Gasteiger charge is -2.24. The molecule has 18 heavy (non-hydrogen) atoms. The van der Waals surface area contributed by atoms with Crippen LogP contribution in [0.3, 0.4) is 0 Å². The molecule has 1 aliphatic rings. The Bertz CT molecular complexity index is 483. The first-order chi connectivity index (χ1) is 8.83. The van der Waals surface area contributed by atoms with Gasteiger partial charge in [-0.25, -0.2) is 0 Å². The third-order valence-corrected chi connectivity index (χ3v) is 4.99. The van der Waals surface area contributed by atoms with E-state index in [0.717, 1.165) is 25.6 Å². The zero-order chi connectivity index (χ0) is 12.4. The molecule has 1 saturated heterocycles. The Kier molecular flexibility index (Phi) is 3.64. The molecule has 96 valence electrons. The third kappa shape index (κ3) is 2.58. The molecule has 1 unspecified atom stereocenters. The fraction of sp³-hybridized carbons (Fsp3) is 0.467. The molecular formula is C15H19NOS. The van der Waals surface area contributed by atoms with Gasteiger partial charge in [0.05, 0.1) is 0 Å². The maximum atomic E-state index is 6.36. The maximum Gasteiger partial charge on any atom is 0.0468 e. The second-order valence-corrected chi connectivity index (χ2v) is 6.20. The van der Waals surface area contributed by atoms with Crippen molar-refractivity contribution in [2.45, 2.75) is 25.3 Å². The number of benzene rings is 1. The van der Waals surface area contributed by atoms with E-state index in [9.17, 15) is 0 Å². The zero-order valence-electron chi connectivity index (χ0n) is 10.5. The summed E-state index contributed by atoms with van der Waals surface area (Å²) in [5.74, 6) is 0.735. The molecule has 1 aliphatic heterocycles. The summed E-state index contributed by atoms with van der Waals surface area (Å²) in [5.41, 5.74) is 6.36. The van der Waals surface area contributed by atoms with Gasteiger partial charge in [0.25, 0.3) is 0 Å². The Hall–Kier alpha value is -0.900. The van der Waals surface area contributed by atoms with Gasteiger partial charge < -0.3 is 10.5 Å². The van der Waals surface area contributed by atoms with E-state index in [4.69, 9.17) is 10.5 Å². The van der Waals surface area contributed by atoms with Crippen LogP contribution in [0.1, 0.15) is 30.2 Å². The first-order valence-electron chi connectivity index (χ1n) is 6.65. The van der Waals surface area contributed by atoms with Crippen molar-refractivity contribution < 1.29 is 4.74 Å². The van der Waals surface area contributed by atoms with Crippen molar-refractivity contribution >= 4 is 21.4 Å². The van der Waals surface area contributed by atoms with E-state index in [-0.39, 0.29) is 6.04 Å². The Morgan fingerprint density at radius 3 is 2.83 bits per heavy atom. The SMILES string of the molecule is NC(CC1CCOCC1)c1cc2ccccc2s1. The number of nitrogens with two attached hydrogens (primary N) is 1. The molecule has 2 aromatic rings. The minimum atomic E-state index is 0.186. The van der Waals surface area contributed by atoms with Crippen molar-refractivity contribution in [1.29, 1.82) is 0 Å². The van der Waals surface area contributed by atoms with Crippen molar-refractivity contribution in [3.63, 3.8) is 0 Å². The molecular weight excluding hydrogens is 242 g/mol. The Morgan fingerprint density at radius 1 is 1.28 bits per heavy atom. The molecule has 1 fully saturated rings. The number of hydrogen-bond donors (Lipinski definition) is 1. The van der Waals surface area contributed by atoms with Gasteiger partial charge in [0, 0.05) is 28.8 Å². The molecule has 0 radical (unpaired) electrons. The molecule has 2 N–H and O–H groups in total. The average Bonchev–Trinajstić information content (AvgIpc) is 2.84. The molecule has 2 nitrogen and oxygen atoms in total. The van der Waals surface area contributed by atoms with Crippen molar-refractivity contribution in [2.75, 3.05) is 13.2 Å². The van der Waals surface area contributed by atoms with Crippen molar-refractivity contribution in [2.24, 2.45) is 11.7 Å². The van der Waals surface area contributed by atoms with E-state index in [2.05, 4.69) is 30.3 Å². The molecule has 0 amide bonds. The second kappa shape index (κ2) is 5.39. The van der Waals surface area contributed by atoms with E-state index in [1.165, 1.54) is 27.8 Å². The van der Waals surface area contributed by atoms with E-state index in [0.29, 0.717) is 0 Å². The summed E-state index contributed by atoms with van der Waals surface area (Å²) in [6, 6.07) is 11.0. The lowest BCUT2D eigenvalue weighted by Crippen LogP contribution is -2.21. The highest BCUT2D eigenvalue weighted by molar-refractivity contribution is 7.19. The smallest absolute Gasteiger partial charge is 0.0468 e. The van der Waals surface area contributed by atoms with Crippen LogP contribution in [0.2, 0.25) is 0 Å². The molecule has 1 aromatic carbocycles. The summed E-state index contributed by atoms with van der Waals surface area (Å²) in [6.45, 7) is 1.81. The normalized spacial score (nSPS) is 19.2. The first kappa shape index (κ1) is 12.2. The minimum Gasteiger partial charge on any atom is -0.381 e. The molecule has 1 aromatic heterocycles. The van der Waals surface area contributed by atoms with Gasteiger partial charge in [-0.1, -0.05) is 18.2 Å². The van der Waals surface area contributed by atoms with Crippen LogP contribution in [-0.2, 0) is 4.74 Å². The van der Waals surface area contributed by atoms with Crippen LogP contribution in [-0.4, -0.2) is 13.2 Å². The molecule has 0 aliphatic carbocycles. The number of ether oxygens (including phenoxy) is 1. The second-order valence-electron chi connectivity index (χ2n) is 5.08. The summed E-state index contributed by atoms with van der Waals surface area (Å²) in [5, 5.41) is 1.32. The van der Waals surface area contributed by atoms with Gasteiger partial charge >= 0.3 is 0 Å². The Morgan fingerprint density at radius 2 is 2.06 bits per heavy atom. The summed E-state index contributed by atoms with van der Waals surface area (Å²) in [6.07, 6.45) is 3.42. The molecule has 0 saturated carbocycles. The van der Waals surface area contributed by atoms with Gasteiger partial charge in [-0.05, 0) is 42.7 Å². The molecule has 0 bridgehead atoms. The van der Waals surface area contributed by atoms with Gasteiger partial charge in [-0.3, -0.25) is 0 Å². The molecule has 3 rings (SSSR count). The van der Waals surface area contributed by atoms with Crippen LogP contribution >= 0.6 is 11.3 Å². The Balaban J connectivity index is 1.72. The van der Waals surface area contributed by atoms with Crippen LogP contribution in [0.4, 0.5) is 0 Å². The maximum absolute atomic E-state index is 6.36. The van der Waals surface area contributed by atoms with Crippen LogP contribution in [0.25, 0.3) is 10.1 Å². The number of hydrogen-bond acceptors (Lipinski definition) is 3. The third-order valence-electron chi connectivity index (χ3n) is 3.74. The zero-order valence-corrected chi connectivity index (χ0v) is 11.3. The first-order valence-corrected chi connectivity index (χ1v) is 7.46. The van der Waals surface area contributed by atoms with E-state index in [1.54, 1.807) is 0 Å². The number of rotatable bonds is 3. The summed E-state index contributed by atoms with van der Waals surface area (Å²) >= 11 is 1.84. The van der Waals surface area contributed by atoms with Crippen LogP contribution in [0.5, 0.6) is 0 Å². The van der Waals surface area contributed by atoms with Crippen molar-refractivity contribution in [3.8, 4) is 0 Å². The fourth-order valence-corrected chi connectivity index (χ4v) is 3.72. The predicted molar refractivity (Wildman–Crippen MR) is 76.9 cm³/mol. The highest BCUT2D eigenvalue weighted by Gasteiger charge is 2.19. The Labute approximate surface area is 112 Å². The van der Waals surface area contributed by atoms with Crippen molar-refractivity contribution in [3.05, 3.63) is 35.2 Å². The van der Waals surface area contributed by atoms with Gasteiger partial charge in [0.1, 0.15) is 0 Å². The predicted octanol–water partition coefficient (Wildman–Crippen LogP) is 3.72. The summed E-state index contributed by atoms with van der Waals surface area (Å²) in [7, 11) is 0. The summed E-state index contributed by atoms with van der Waals surface area (Å²) in [4.78, 5) is 1.32. The lowest BCUT2D eigenvalue weighted by molar-refractivity contribution is 0.0619. The monoisotopic (exact) mass is 261 g/mol. The van der Waals surface area contributed by atoms with Gasteiger partial charge in [-0.15, -0.1) is 11.3 Å². The van der Waals surface area contributed by atoms with Crippen molar-refractivity contribution in [1.82, 2.24) is 0 Å². The van der Waals surface area contributed by atoms with E-state index >= 15 is 0 Å². The molecule has 3 heteroatoms. The standard InChI is InChI=1S/C15H19NOS/c16-13(9-11-5-7-17-8-6-11)15-10-12-3-1-2-4-14(12)18-15/h1-4,10-11,13H,5-9,16H2. The molecule has 2 heterocycles. The van der Waals surface area contributed by atoms with E-state index in [1.807, 2.05) is 11.3 Å². The van der Waals surface area contributed by atoms with Gasteiger partial charge in [0.2, 0.25) is 0 Å².